The minimum Gasteiger partial charge on any atom is -0.387 e. The third kappa shape index (κ3) is 4.28. The maximum atomic E-state index is 14.2. The fourth-order valence-electron chi connectivity index (χ4n) is 3.66. The van der Waals surface area contributed by atoms with Crippen molar-refractivity contribution >= 4 is 23.2 Å². The molecule has 8 heteroatoms. The van der Waals surface area contributed by atoms with Gasteiger partial charge in [-0.1, -0.05) is 6.07 Å². The van der Waals surface area contributed by atoms with Gasteiger partial charge in [0, 0.05) is 41.5 Å². The van der Waals surface area contributed by atoms with Gasteiger partial charge in [0.05, 0.1) is 6.10 Å². The normalized spacial score (nSPS) is 16.0. The van der Waals surface area contributed by atoms with Gasteiger partial charge in [-0.2, -0.15) is 0 Å². The molecule has 1 unspecified atom stereocenters. The molecular formula is C21H21FN4O2S. The Morgan fingerprint density at radius 3 is 2.59 bits per heavy atom. The number of benzene rings is 1. The van der Waals surface area contributed by atoms with Crippen LogP contribution in [0.1, 0.15) is 34.2 Å². The summed E-state index contributed by atoms with van der Waals surface area (Å²) in [6.07, 6.45) is 3.92. The predicted molar refractivity (Wildman–Crippen MR) is 110 cm³/mol. The molecule has 29 heavy (non-hydrogen) atoms. The fourth-order valence-corrected chi connectivity index (χ4v) is 4.46. The number of anilines is 1. The number of nitrogen functional groups attached to an aromatic ring is 1. The van der Waals surface area contributed by atoms with Crippen molar-refractivity contribution in [1.29, 1.82) is 0 Å². The first-order valence-electron chi connectivity index (χ1n) is 9.40. The third-order valence-corrected chi connectivity index (χ3v) is 6.20. The molecule has 1 fully saturated rings. The number of thiophene rings is 1. The molecule has 3 heterocycles. The van der Waals surface area contributed by atoms with Crippen molar-refractivity contribution < 1.29 is 14.3 Å². The first kappa shape index (κ1) is 19.5. The van der Waals surface area contributed by atoms with Gasteiger partial charge in [-0.05, 0) is 54.0 Å². The van der Waals surface area contributed by atoms with Crippen LogP contribution in [-0.2, 0) is 0 Å². The van der Waals surface area contributed by atoms with Crippen molar-refractivity contribution in [2.45, 2.75) is 18.9 Å². The van der Waals surface area contributed by atoms with E-state index in [1.54, 1.807) is 22.3 Å². The van der Waals surface area contributed by atoms with Crippen molar-refractivity contribution in [3.8, 4) is 11.1 Å². The van der Waals surface area contributed by atoms with Gasteiger partial charge in [0.2, 0.25) is 5.95 Å². The summed E-state index contributed by atoms with van der Waals surface area (Å²) in [5, 5.41) is 12.5. The minimum absolute atomic E-state index is 0.118. The molecule has 1 saturated heterocycles. The highest BCUT2D eigenvalue weighted by atomic mass is 32.1. The lowest BCUT2D eigenvalue weighted by Crippen LogP contribution is -2.39. The molecule has 2 aromatic heterocycles. The lowest BCUT2D eigenvalue weighted by molar-refractivity contribution is 0.0474. The van der Waals surface area contributed by atoms with Gasteiger partial charge in [0.15, 0.2) is 0 Å². The molecule has 1 aliphatic rings. The number of carbonyl (C=O) groups excluding carboxylic acids is 1. The van der Waals surface area contributed by atoms with Crippen LogP contribution in [0.3, 0.4) is 0 Å². The zero-order valence-corrected chi connectivity index (χ0v) is 16.5. The second-order valence-corrected chi connectivity index (χ2v) is 8.13. The van der Waals surface area contributed by atoms with Gasteiger partial charge in [-0.15, -0.1) is 11.3 Å². The van der Waals surface area contributed by atoms with E-state index in [0.717, 1.165) is 4.88 Å². The number of hydrogen-bond donors (Lipinski definition) is 2. The number of hydrogen-bond acceptors (Lipinski definition) is 6. The van der Waals surface area contributed by atoms with Crippen LogP contribution >= 0.6 is 11.3 Å². The van der Waals surface area contributed by atoms with E-state index in [1.165, 1.54) is 24.5 Å². The van der Waals surface area contributed by atoms with Gasteiger partial charge in [0.25, 0.3) is 5.91 Å². The Bertz CT molecular complexity index is 986. The van der Waals surface area contributed by atoms with E-state index < -0.39 is 11.9 Å². The smallest absolute Gasteiger partial charge is 0.253 e. The van der Waals surface area contributed by atoms with E-state index in [2.05, 4.69) is 9.97 Å². The molecule has 4 rings (SSSR count). The monoisotopic (exact) mass is 412 g/mol. The lowest BCUT2D eigenvalue weighted by atomic mass is 9.90. The molecule has 1 aromatic carbocycles. The van der Waals surface area contributed by atoms with E-state index in [9.17, 15) is 14.3 Å². The van der Waals surface area contributed by atoms with E-state index in [4.69, 9.17) is 5.73 Å². The van der Waals surface area contributed by atoms with Gasteiger partial charge >= 0.3 is 0 Å². The number of halogens is 1. The predicted octanol–water partition coefficient (Wildman–Crippen LogP) is 3.51. The number of nitrogens with zero attached hydrogens (tertiary/aromatic N) is 3. The van der Waals surface area contributed by atoms with Crippen LogP contribution in [0, 0.1) is 11.7 Å². The van der Waals surface area contributed by atoms with Gasteiger partial charge < -0.3 is 15.7 Å². The number of rotatable bonds is 4. The largest absolute Gasteiger partial charge is 0.387 e. The lowest BCUT2D eigenvalue weighted by Gasteiger charge is -2.34. The van der Waals surface area contributed by atoms with Gasteiger partial charge in [-0.25, -0.2) is 14.4 Å². The molecule has 0 aliphatic carbocycles. The molecule has 1 amide bonds. The number of amides is 1. The summed E-state index contributed by atoms with van der Waals surface area (Å²) in [5.41, 5.74) is 6.90. The summed E-state index contributed by atoms with van der Waals surface area (Å²) in [7, 11) is 0. The van der Waals surface area contributed by atoms with Crippen LogP contribution in [0.5, 0.6) is 0 Å². The molecular weight excluding hydrogens is 391 g/mol. The van der Waals surface area contributed by atoms with Gasteiger partial charge in [0.1, 0.15) is 5.82 Å². The summed E-state index contributed by atoms with van der Waals surface area (Å²) in [6, 6.07) is 8.09. The zero-order chi connectivity index (χ0) is 20.4. The van der Waals surface area contributed by atoms with Crippen LogP contribution < -0.4 is 5.73 Å². The van der Waals surface area contributed by atoms with Crippen LogP contribution in [0.2, 0.25) is 0 Å². The standard InChI is InChI=1S/C21H21FN4O2S/c22-17-9-14(16-11-24-21(23)25-12-16)8-15(10-17)20(28)26-5-3-13(4-6-26)19(27)18-2-1-7-29-18/h1-2,7-13,19,27H,3-6H2,(H2,23,24,25). The van der Waals surface area contributed by atoms with Gasteiger partial charge in [-0.3, -0.25) is 4.79 Å². The second kappa shape index (κ2) is 8.26. The van der Waals surface area contributed by atoms with Crippen LogP contribution in [0.25, 0.3) is 11.1 Å². The molecule has 150 valence electrons. The molecule has 0 radical (unpaired) electrons. The Balaban J connectivity index is 1.47. The molecule has 3 aromatic rings. The molecule has 0 bridgehead atoms. The molecule has 3 N–H and O–H groups in total. The SMILES string of the molecule is Nc1ncc(-c2cc(F)cc(C(=O)N3CCC(C(O)c4cccs4)CC3)c2)cn1. The Hall–Kier alpha value is -2.84. The Morgan fingerprint density at radius 2 is 1.93 bits per heavy atom. The van der Waals surface area contributed by atoms with Crippen molar-refractivity contribution in [3.63, 3.8) is 0 Å². The number of aromatic nitrogens is 2. The molecule has 1 atom stereocenters. The van der Waals surface area contributed by atoms with Crippen LogP contribution in [-0.4, -0.2) is 39.0 Å². The molecule has 0 spiro atoms. The number of aliphatic hydroxyl groups is 1. The van der Waals surface area contributed by atoms with E-state index in [1.807, 2.05) is 17.5 Å². The zero-order valence-electron chi connectivity index (χ0n) is 15.7. The topological polar surface area (TPSA) is 92.3 Å². The summed E-state index contributed by atoms with van der Waals surface area (Å²) in [6.45, 7) is 1.06. The summed E-state index contributed by atoms with van der Waals surface area (Å²) in [5.74, 6) is -0.460. The van der Waals surface area contributed by atoms with Crippen molar-refractivity contribution in [2.24, 2.45) is 5.92 Å². The highest BCUT2D eigenvalue weighted by Gasteiger charge is 2.29. The average molecular weight is 412 g/mol. The second-order valence-electron chi connectivity index (χ2n) is 7.15. The molecule has 6 nitrogen and oxygen atoms in total. The Morgan fingerprint density at radius 1 is 1.21 bits per heavy atom. The first-order valence-corrected chi connectivity index (χ1v) is 10.3. The number of nitrogens with two attached hydrogens (primary N) is 1. The quantitative estimate of drug-likeness (QED) is 0.684. The number of carbonyl (C=O) groups is 1. The number of piperidine rings is 1. The highest BCUT2D eigenvalue weighted by molar-refractivity contribution is 7.10. The maximum Gasteiger partial charge on any atom is 0.253 e. The van der Waals surface area contributed by atoms with Crippen molar-refractivity contribution in [2.75, 3.05) is 18.8 Å². The van der Waals surface area contributed by atoms with E-state index in [-0.39, 0.29) is 23.3 Å². The Kier molecular flexibility index (Phi) is 5.55. The van der Waals surface area contributed by atoms with Crippen LogP contribution in [0.4, 0.5) is 10.3 Å². The number of aliphatic hydroxyl groups excluding tert-OH is 1. The number of likely N-dealkylation sites (tertiary alicyclic amines) is 1. The molecule has 0 saturated carbocycles. The minimum atomic E-state index is -0.501. The summed E-state index contributed by atoms with van der Waals surface area (Å²) < 4.78 is 14.2. The maximum absolute atomic E-state index is 14.2. The third-order valence-electron chi connectivity index (χ3n) is 5.26. The summed E-state index contributed by atoms with van der Waals surface area (Å²) in [4.78, 5) is 23.5. The fraction of sp³-hybridized carbons (Fsp3) is 0.286. The van der Waals surface area contributed by atoms with Crippen molar-refractivity contribution in [1.82, 2.24) is 14.9 Å². The molecule has 1 aliphatic heterocycles. The summed E-state index contributed by atoms with van der Waals surface area (Å²) >= 11 is 1.54. The van der Waals surface area contributed by atoms with Crippen molar-refractivity contribution in [3.05, 3.63) is 64.4 Å². The average Bonchev–Trinajstić information content (AvgIpc) is 3.28. The van der Waals surface area contributed by atoms with E-state index in [0.29, 0.717) is 37.1 Å². The highest BCUT2D eigenvalue weighted by Crippen LogP contribution is 2.33. The Labute approximate surface area is 171 Å². The van der Waals surface area contributed by atoms with E-state index >= 15 is 0 Å². The first-order chi connectivity index (χ1) is 14.0. The van der Waals surface area contributed by atoms with Crippen LogP contribution in [0.15, 0.2) is 48.1 Å².